The lowest BCUT2D eigenvalue weighted by molar-refractivity contribution is -0.300. The van der Waals surface area contributed by atoms with Crippen molar-refractivity contribution in [3.8, 4) is 0 Å². The van der Waals surface area contributed by atoms with Crippen molar-refractivity contribution < 1.29 is 29.9 Å². The predicted octanol–water partition coefficient (Wildman–Crippen LogP) is -1.29. The van der Waals surface area contributed by atoms with E-state index in [1.54, 1.807) is 0 Å². The Balaban J connectivity index is 2.66. The van der Waals surface area contributed by atoms with Gasteiger partial charge in [-0.3, -0.25) is 0 Å². The number of hydrogen-bond acceptors (Lipinski definition) is 6. The second-order valence-corrected chi connectivity index (χ2v) is 4.32. The van der Waals surface area contributed by atoms with Gasteiger partial charge < -0.3 is 29.9 Å². The zero-order chi connectivity index (χ0) is 12.3. The third kappa shape index (κ3) is 3.01. The van der Waals surface area contributed by atoms with E-state index in [0.29, 0.717) is 0 Å². The highest BCUT2D eigenvalue weighted by atomic mass is 79.9. The summed E-state index contributed by atoms with van der Waals surface area (Å²) in [5, 5.41) is 36.8. The molecule has 16 heavy (non-hydrogen) atoms. The Labute approximate surface area is 101 Å². The van der Waals surface area contributed by atoms with Gasteiger partial charge in [0, 0.05) is 0 Å². The van der Waals surface area contributed by atoms with E-state index >= 15 is 0 Å². The summed E-state index contributed by atoms with van der Waals surface area (Å²) >= 11 is 3.08. The molecule has 1 fully saturated rings. The summed E-state index contributed by atoms with van der Waals surface area (Å²) in [6.45, 7) is 2.97. The molecule has 0 aromatic carbocycles. The van der Waals surface area contributed by atoms with Crippen molar-refractivity contribution in [2.75, 3.05) is 6.61 Å². The van der Waals surface area contributed by atoms with Crippen molar-refractivity contribution in [2.45, 2.75) is 35.7 Å². The Bertz CT molecular complexity index is 236. The van der Waals surface area contributed by atoms with Gasteiger partial charge in [0.1, 0.15) is 29.4 Å². The molecule has 6 nitrogen and oxygen atoms in total. The lowest BCUT2D eigenvalue weighted by Gasteiger charge is -2.39. The second-order valence-electron chi connectivity index (χ2n) is 3.42. The van der Waals surface area contributed by atoms with Crippen LogP contribution in [0.2, 0.25) is 0 Å². The van der Waals surface area contributed by atoms with Crippen LogP contribution in [-0.4, -0.2) is 62.8 Å². The van der Waals surface area contributed by atoms with Crippen molar-refractivity contribution >= 4 is 15.9 Å². The molecule has 1 aliphatic heterocycles. The van der Waals surface area contributed by atoms with Crippen LogP contribution in [0, 0.1) is 0 Å². The highest BCUT2D eigenvalue weighted by Gasteiger charge is 2.44. The molecule has 0 aromatic heterocycles. The van der Waals surface area contributed by atoms with Crippen molar-refractivity contribution in [3.63, 3.8) is 0 Å². The Morgan fingerprint density at radius 1 is 1.31 bits per heavy atom. The van der Waals surface area contributed by atoms with Gasteiger partial charge in [-0.1, -0.05) is 28.6 Å². The van der Waals surface area contributed by atoms with Gasteiger partial charge in [-0.15, -0.1) is 0 Å². The molecule has 4 N–H and O–H groups in total. The average molecular weight is 299 g/mol. The van der Waals surface area contributed by atoms with Gasteiger partial charge in [0.15, 0.2) is 6.29 Å². The van der Waals surface area contributed by atoms with Gasteiger partial charge in [0.2, 0.25) is 0 Å². The number of halogens is 1. The summed E-state index contributed by atoms with van der Waals surface area (Å²) in [4.78, 5) is 0. The van der Waals surface area contributed by atoms with Gasteiger partial charge >= 0.3 is 0 Å². The van der Waals surface area contributed by atoms with E-state index in [1.807, 2.05) is 0 Å². The quantitative estimate of drug-likeness (QED) is 0.381. The highest BCUT2D eigenvalue weighted by molar-refractivity contribution is 9.09. The van der Waals surface area contributed by atoms with Gasteiger partial charge in [-0.2, -0.15) is 0 Å². The molecule has 1 rings (SSSR count). The first-order chi connectivity index (χ1) is 7.51. The molecule has 94 valence electrons. The minimum absolute atomic E-state index is 0.480. The molecule has 0 aromatic rings. The maximum Gasteiger partial charge on any atom is 0.188 e. The molecule has 0 aliphatic carbocycles. The number of aliphatic hydroxyl groups excluding tert-OH is 4. The second kappa shape index (κ2) is 6.06. The van der Waals surface area contributed by atoms with Crippen LogP contribution in [0.1, 0.15) is 0 Å². The molecule has 0 spiro atoms. The van der Waals surface area contributed by atoms with E-state index in [1.165, 1.54) is 6.08 Å². The lowest BCUT2D eigenvalue weighted by atomic mass is 9.99. The number of rotatable bonds is 4. The predicted molar refractivity (Wildman–Crippen MR) is 57.8 cm³/mol. The van der Waals surface area contributed by atoms with E-state index in [-0.39, 0.29) is 0 Å². The molecule has 1 unspecified atom stereocenters. The fourth-order valence-corrected chi connectivity index (χ4v) is 1.58. The first kappa shape index (κ1) is 14.0. The molecule has 7 heteroatoms. The van der Waals surface area contributed by atoms with Crippen LogP contribution in [-0.2, 0) is 9.47 Å². The van der Waals surface area contributed by atoms with Crippen LogP contribution in [0.25, 0.3) is 0 Å². The van der Waals surface area contributed by atoms with E-state index in [4.69, 9.17) is 14.6 Å². The van der Waals surface area contributed by atoms with Crippen LogP contribution in [0.3, 0.4) is 0 Å². The maximum atomic E-state index is 9.57. The van der Waals surface area contributed by atoms with E-state index in [2.05, 4.69) is 22.5 Å². The molecular formula is C9H15BrO6. The fourth-order valence-electron chi connectivity index (χ4n) is 1.36. The van der Waals surface area contributed by atoms with Crippen molar-refractivity contribution in [1.29, 1.82) is 0 Å². The molecule has 0 radical (unpaired) electrons. The maximum absolute atomic E-state index is 9.57. The van der Waals surface area contributed by atoms with Gasteiger partial charge in [0.05, 0.1) is 6.61 Å². The summed E-state index contributed by atoms with van der Waals surface area (Å²) in [5.41, 5.74) is 0. The molecular weight excluding hydrogens is 284 g/mol. The summed E-state index contributed by atoms with van der Waals surface area (Å²) in [6.07, 6.45) is -4.89. The molecule has 0 amide bonds. The standard InChI is InChI=1S/C9H15BrO6/c1-2-5(10)16-9-8(14)7(13)6(12)4(3-11)15-9/h2,4-9,11-14H,1,3H2/t4-,5?,6-,7+,8-,9+/m1/s1. The van der Waals surface area contributed by atoms with Crippen LogP contribution in [0.5, 0.6) is 0 Å². The van der Waals surface area contributed by atoms with Crippen LogP contribution in [0.4, 0.5) is 0 Å². The Kier molecular flexibility index (Phi) is 5.32. The topological polar surface area (TPSA) is 99.4 Å². The van der Waals surface area contributed by atoms with Crippen molar-refractivity contribution in [1.82, 2.24) is 0 Å². The molecule has 0 bridgehead atoms. The number of alkyl halides is 1. The first-order valence-electron chi connectivity index (χ1n) is 4.74. The summed E-state index contributed by atoms with van der Waals surface area (Å²) in [7, 11) is 0. The molecule has 1 heterocycles. The Hall–Kier alpha value is -0.0200. The van der Waals surface area contributed by atoms with Crippen molar-refractivity contribution in [2.24, 2.45) is 0 Å². The number of hydrogen-bond donors (Lipinski definition) is 4. The number of aliphatic hydroxyl groups is 4. The highest BCUT2D eigenvalue weighted by Crippen LogP contribution is 2.23. The average Bonchev–Trinajstić information content (AvgIpc) is 2.29. The van der Waals surface area contributed by atoms with Gasteiger partial charge in [-0.05, 0) is 0 Å². The Morgan fingerprint density at radius 3 is 2.44 bits per heavy atom. The van der Waals surface area contributed by atoms with E-state index < -0.39 is 42.3 Å². The normalized spacial score (nSPS) is 41.7. The van der Waals surface area contributed by atoms with Crippen molar-refractivity contribution in [3.05, 3.63) is 12.7 Å². The molecule has 1 saturated heterocycles. The minimum atomic E-state index is -1.43. The largest absolute Gasteiger partial charge is 0.394 e. The van der Waals surface area contributed by atoms with Gasteiger partial charge in [-0.25, -0.2) is 0 Å². The summed E-state index contributed by atoms with van der Waals surface area (Å²) < 4.78 is 10.2. The Morgan fingerprint density at radius 2 is 1.94 bits per heavy atom. The van der Waals surface area contributed by atoms with Crippen LogP contribution < -0.4 is 0 Å². The minimum Gasteiger partial charge on any atom is -0.394 e. The molecule has 1 aliphatic rings. The monoisotopic (exact) mass is 298 g/mol. The zero-order valence-electron chi connectivity index (χ0n) is 8.44. The summed E-state index contributed by atoms with van der Waals surface area (Å²) in [5.74, 6) is 0. The molecule has 0 saturated carbocycles. The molecule has 6 atom stereocenters. The third-order valence-electron chi connectivity index (χ3n) is 2.30. The van der Waals surface area contributed by atoms with Crippen LogP contribution >= 0.6 is 15.9 Å². The summed E-state index contributed by atoms with van der Waals surface area (Å²) in [6, 6.07) is 0. The van der Waals surface area contributed by atoms with E-state index in [9.17, 15) is 15.3 Å². The fraction of sp³-hybridized carbons (Fsp3) is 0.778. The van der Waals surface area contributed by atoms with Gasteiger partial charge in [0.25, 0.3) is 0 Å². The zero-order valence-corrected chi connectivity index (χ0v) is 10.0. The first-order valence-corrected chi connectivity index (χ1v) is 5.65. The van der Waals surface area contributed by atoms with E-state index in [0.717, 1.165) is 0 Å². The van der Waals surface area contributed by atoms with Crippen LogP contribution in [0.15, 0.2) is 12.7 Å². The third-order valence-corrected chi connectivity index (χ3v) is 2.89. The lowest BCUT2D eigenvalue weighted by Crippen LogP contribution is -2.59. The number of ether oxygens (including phenoxy) is 2. The SMILES string of the molecule is C=CC(Br)O[C@@H]1O[C@H](CO)[C@@H](O)[C@H](O)[C@H]1O. The smallest absolute Gasteiger partial charge is 0.188 e.